The number of hydrogen-bond donors (Lipinski definition) is 1. The molecular weight excluding hydrogens is 460 g/mol. The Hall–Kier alpha value is -2.70. The van der Waals surface area contributed by atoms with Crippen LogP contribution in [-0.2, 0) is 22.6 Å². The van der Waals surface area contributed by atoms with Gasteiger partial charge in [0.05, 0.1) is 6.54 Å². The Labute approximate surface area is 222 Å². The number of carbonyl (C=O) groups excluding carboxylic acids is 2. The van der Waals surface area contributed by atoms with Crippen molar-refractivity contribution in [2.24, 2.45) is 0 Å². The molecule has 0 aliphatic carbocycles. The lowest BCUT2D eigenvalue weighted by Crippen LogP contribution is -2.72. The van der Waals surface area contributed by atoms with Crippen molar-refractivity contribution in [2.75, 3.05) is 39.3 Å². The third-order valence-corrected chi connectivity index (χ3v) is 8.63. The summed E-state index contributed by atoms with van der Waals surface area (Å²) in [6.45, 7) is 5.73. The van der Waals surface area contributed by atoms with Gasteiger partial charge in [-0.15, -0.1) is 0 Å². The molecule has 5 rings (SSSR count). The molecule has 6 nitrogen and oxygen atoms in total. The highest BCUT2D eigenvalue weighted by atomic mass is 16.2. The minimum atomic E-state index is -0.672. The number of aryl methyl sites for hydroxylation is 1. The van der Waals surface area contributed by atoms with Crippen LogP contribution in [0.25, 0.3) is 0 Å². The van der Waals surface area contributed by atoms with Crippen LogP contribution in [0.2, 0.25) is 0 Å². The van der Waals surface area contributed by atoms with Crippen molar-refractivity contribution in [2.45, 2.75) is 69.5 Å². The molecular formula is C31H42N4O2. The molecule has 3 fully saturated rings. The lowest BCUT2D eigenvalue weighted by atomic mass is 9.81. The van der Waals surface area contributed by atoms with E-state index in [9.17, 15) is 9.59 Å². The van der Waals surface area contributed by atoms with Gasteiger partial charge in [-0.3, -0.25) is 14.5 Å². The number of nitrogens with one attached hydrogen (secondary N) is 1. The molecule has 2 amide bonds. The van der Waals surface area contributed by atoms with Gasteiger partial charge in [0.2, 0.25) is 11.8 Å². The molecule has 198 valence electrons. The number of unbranched alkanes of at least 4 members (excludes halogenated alkanes) is 3. The molecule has 3 aliphatic rings. The number of amides is 2. The summed E-state index contributed by atoms with van der Waals surface area (Å²) < 4.78 is 0. The molecule has 2 aromatic rings. The highest BCUT2D eigenvalue weighted by Gasteiger charge is 2.53. The van der Waals surface area contributed by atoms with E-state index >= 15 is 0 Å². The highest BCUT2D eigenvalue weighted by molar-refractivity contribution is 5.98. The third-order valence-electron chi connectivity index (χ3n) is 8.63. The fourth-order valence-electron chi connectivity index (χ4n) is 6.59. The Morgan fingerprint density at radius 3 is 2.19 bits per heavy atom. The minimum absolute atomic E-state index is 0.0640. The number of piperazine rings is 1. The molecule has 0 bridgehead atoms. The van der Waals surface area contributed by atoms with Gasteiger partial charge >= 0.3 is 0 Å². The number of hydrogen-bond acceptors (Lipinski definition) is 4. The lowest BCUT2D eigenvalue weighted by Gasteiger charge is -2.52. The van der Waals surface area contributed by atoms with Gasteiger partial charge in [-0.1, -0.05) is 73.5 Å². The second-order valence-electron chi connectivity index (χ2n) is 11.1. The Kier molecular flexibility index (Phi) is 8.57. The predicted molar refractivity (Wildman–Crippen MR) is 147 cm³/mol. The van der Waals surface area contributed by atoms with E-state index in [1.807, 2.05) is 11.0 Å². The molecule has 1 atom stereocenters. The van der Waals surface area contributed by atoms with E-state index in [0.29, 0.717) is 0 Å². The summed E-state index contributed by atoms with van der Waals surface area (Å²) in [6.07, 6.45) is 8.55. The molecule has 0 radical (unpaired) electrons. The molecule has 6 heteroatoms. The van der Waals surface area contributed by atoms with E-state index in [0.717, 1.165) is 65.0 Å². The van der Waals surface area contributed by atoms with E-state index in [1.165, 1.54) is 36.8 Å². The first-order valence-corrected chi connectivity index (χ1v) is 14.3. The van der Waals surface area contributed by atoms with Gasteiger partial charge in [-0.25, -0.2) is 0 Å². The molecule has 0 saturated carbocycles. The summed E-state index contributed by atoms with van der Waals surface area (Å²) in [5.74, 6) is 0.159. The molecule has 37 heavy (non-hydrogen) atoms. The molecule has 1 unspecified atom stereocenters. The average Bonchev–Trinajstić information content (AvgIpc) is 3.38. The van der Waals surface area contributed by atoms with E-state index < -0.39 is 5.54 Å². The molecule has 3 aliphatic heterocycles. The largest absolute Gasteiger partial charge is 0.345 e. The van der Waals surface area contributed by atoms with Crippen LogP contribution in [0.5, 0.6) is 0 Å². The number of nitrogens with zero attached hydrogens (tertiary/aromatic N) is 3. The van der Waals surface area contributed by atoms with Crippen LogP contribution in [0, 0.1) is 0 Å². The summed E-state index contributed by atoms with van der Waals surface area (Å²) in [5.41, 5.74) is 2.06. The van der Waals surface area contributed by atoms with Crippen molar-refractivity contribution in [3.8, 4) is 0 Å². The van der Waals surface area contributed by atoms with Gasteiger partial charge in [0.25, 0.3) is 0 Å². The molecule has 1 N–H and O–H groups in total. The van der Waals surface area contributed by atoms with Crippen molar-refractivity contribution in [3.05, 3.63) is 71.8 Å². The Bertz CT molecular complexity index is 1020. The number of benzene rings is 2. The second-order valence-corrected chi connectivity index (χ2v) is 11.1. The maximum atomic E-state index is 13.3. The van der Waals surface area contributed by atoms with Crippen LogP contribution in [0.1, 0.15) is 56.1 Å². The maximum Gasteiger partial charge on any atom is 0.246 e. The van der Waals surface area contributed by atoms with Gasteiger partial charge in [0.1, 0.15) is 5.54 Å². The van der Waals surface area contributed by atoms with Crippen LogP contribution in [0.3, 0.4) is 0 Å². The Morgan fingerprint density at radius 1 is 0.784 bits per heavy atom. The normalized spacial score (nSPS) is 22.5. The Morgan fingerprint density at radius 2 is 1.46 bits per heavy atom. The topological polar surface area (TPSA) is 55.9 Å². The van der Waals surface area contributed by atoms with Gasteiger partial charge in [0, 0.05) is 38.8 Å². The fraction of sp³-hybridized carbons (Fsp3) is 0.548. The summed E-state index contributed by atoms with van der Waals surface area (Å²) in [6, 6.07) is 21.4. The van der Waals surface area contributed by atoms with Crippen molar-refractivity contribution in [1.82, 2.24) is 20.0 Å². The quantitative estimate of drug-likeness (QED) is 0.502. The van der Waals surface area contributed by atoms with Crippen LogP contribution in [0.4, 0.5) is 0 Å². The number of piperidine rings is 1. The minimum Gasteiger partial charge on any atom is -0.345 e. The van der Waals surface area contributed by atoms with Crippen LogP contribution in [0.15, 0.2) is 60.7 Å². The molecule has 3 saturated heterocycles. The predicted octanol–water partition coefficient (Wildman–Crippen LogP) is 3.86. The molecule has 1 spiro atoms. The van der Waals surface area contributed by atoms with Gasteiger partial charge < -0.3 is 15.1 Å². The van der Waals surface area contributed by atoms with Gasteiger partial charge in [0.15, 0.2) is 0 Å². The van der Waals surface area contributed by atoms with Gasteiger partial charge in [-0.05, 0) is 56.2 Å². The molecule has 0 aromatic heterocycles. The lowest BCUT2D eigenvalue weighted by molar-refractivity contribution is -0.160. The highest BCUT2D eigenvalue weighted by Crippen LogP contribution is 2.36. The fourth-order valence-corrected chi connectivity index (χ4v) is 6.59. The zero-order valence-corrected chi connectivity index (χ0v) is 22.1. The zero-order chi connectivity index (χ0) is 25.5. The van der Waals surface area contributed by atoms with Crippen molar-refractivity contribution >= 4 is 11.8 Å². The first kappa shape index (κ1) is 25.9. The van der Waals surface area contributed by atoms with Crippen molar-refractivity contribution in [3.63, 3.8) is 0 Å². The third kappa shape index (κ3) is 6.24. The standard InChI is InChI=1S/C31H42N4O2/c36-29-23-32-30(37)31(35(29)28-16-20-34(25-28)24-27-14-8-4-9-15-27)17-21-33(22-18-31)19-10-2-1-5-11-26-12-6-3-7-13-26/h3-4,6-9,12-15,28H,1-2,5,10-11,16-25H2,(H,32,37). The SMILES string of the molecule is O=C1CNC(=O)C2(CCN(CCCCCCc3ccccc3)CC2)N1C1CCN(Cc2ccccc2)C1. The smallest absolute Gasteiger partial charge is 0.246 e. The first-order chi connectivity index (χ1) is 18.1. The summed E-state index contributed by atoms with van der Waals surface area (Å²) in [7, 11) is 0. The zero-order valence-electron chi connectivity index (χ0n) is 22.1. The summed E-state index contributed by atoms with van der Waals surface area (Å²) >= 11 is 0. The number of likely N-dealkylation sites (tertiary alicyclic amines) is 2. The first-order valence-electron chi connectivity index (χ1n) is 14.3. The van der Waals surface area contributed by atoms with Gasteiger partial charge in [-0.2, -0.15) is 0 Å². The monoisotopic (exact) mass is 502 g/mol. The van der Waals surface area contributed by atoms with Crippen LogP contribution in [-0.4, -0.2) is 77.4 Å². The van der Waals surface area contributed by atoms with Crippen molar-refractivity contribution < 1.29 is 9.59 Å². The molecule has 2 aromatic carbocycles. The maximum absolute atomic E-state index is 13.3. The van der Waals surface area contributed by atoms with E-state index in [-0.39, 0.29) is 24.4 Å². The van der Waals surface area contributed by atoms with Crippen LogP contribution >= 0.6 is 0 Å². The van der Waals surface area contributed by atoms with Crippen molar-refractivity contribution in [1.29, 1.82) is 0 Å². The van der Waals surface area contributed by atoms with E-state index in [4.69, 9.17) is 0 Å². The second kappa shape index (κ2) is 12.2. The summed E-state index contributed by atoms with van der Waals surface area (Å²) in [5, 5.41) is 2.93. The molecule has 3 heterocycles. The van der Waals surface area contributed by atoms with E-state index in [1.54, 1.807) is 0 Å². The summed E-state index contributed by atoms with van der Waals surface area (Å²) in [4.78, 5) is 33.4. The number of rotatable bonds is 10. The Balaban J connectivity index is 1.10. The average molecular weight is 503 g/mol. The number of carbonyl (C=O) groups is 2. The van der Waals surface area contributed by atoms with Crippen LogP contribution < -0.4 is 5.32 Å². The van der Waals surface area contributed by atoms with E-state index in [2.05, 4.69) is 69.7 Å².